The Morgan fingerprint density at radius 2 is 2.00 bits per heavy atom. The molecule has 1 aliphatic heterocycles. The van der Waals surface area contributed by atoms with Gasteiger partial charge in [-0.2, -0.15) is 0 Å². The van der Waals surface area contributed by atoms with Gasteiger partial charge in [0, 0.05) is 19.0 Å². The van der Waals surface area contributed by atoms with Crippen molar-refractivity contribution in [3.8, 4) is 5.75 Å². The zero-order valence-electron chi connectivity index (χ0n) is 14.6. The van der Waals surface area contributed by atoms with E-state index in [4.69, 9.17) is 4.74 Å². The van der Waals surface area contributed by atoms with E-state index in [1.165, 1.54) is 0 Å². The fraction of sp³-hybridized carbons (Fsp3) is 0.579. The average Bonchev–Trinajstić information content (AvgIpc) is 2.62. The minimum atomic E-state index is -0.488. The summed E-state index contributed by atoms with van der Waals surface area (Å²) < 4.78 is 5.75. The number of nitrogens with one attached hydrogen (secondary N) is 1. The molecule has 1 heterocycles. The summed E-state index contributed by atoms with van der Waals surface area (Å²) in [6, 6.07) is 7.57. The van der Waals surface area contributed by atoms with Crippen molar-refractivity contribution >= 4 is 17.5 Å². The van der Waals surface area contributed by atoms with Gasteiger partial charge in [-0.3, -0.25) is 9.59 Å². The molecule has 1 aliphatic carbocycles. The number of fused-ring (bicyclic) bond motifs is 1. The van der Waals surface area contributed by atoms with Gasteiger partial charge in [0.05, 0.1) is 11.8 Å². The molecule has 0 aromatic heterocycles. The molecule has 0 spiro atoms. The van der Waals surface area contributed by atoms with Crippen LogP contribution in [0.5, 0.6) is 5.75 Å². The highest BCUT2D eigenvalue weighted by Gasteiger charge is 2.33. The number of hydrogen-bond donors (Lipinski definition) is 2. The predicted octanol–water partition coefficient (Wildman–Crippen LogP) is 2.00. The van der Waals surface area contributed by atoms with E-state index in [1.807, 2.05) is 31.2 Å². The Morgan fingerprint density at radius 1 is 1.28 bits per heavy atom. The van der Waals surface area contributed by atoms with Crippen LogP contribution in [0.4, 0.5) is 5.69 Å². The van der Waals surface area contributed by atoms with Gasteiger partial charge in [0.1, 0.15) is 5.75 Å². The number of amides is 2. The summed E-state index contributed by atoms with van der Waals surface area (Å²) in [5.41, 5.74) is 0.728. The molecule has 2 N–H and O–H groups in total. The van der Waals surface area contributed by atoms with Crippen LogP contribution >= 0.6 is 0 Å². The molecule has 6 heteroatoms. The molecule has 136 valence electrons. The molecule has 1 aromatic carbocycles. The Balaban J connectivity index is 1.59. The fourth-order valence-electron chi connectivity index (χ4n) is 3.50. The lowest BCUT2D eigenvalue weighted by Crippen LogP contribution is -2.47. The normalized spacial score (nSPS) is 25.9. The van der Waals surface area contributed by atoms with Crippen molar-refractivity contribution in [3.05, 3.63) is 24.3 Å². The molecule has 0 bridgehead atoms. The van der Waals surface area contributed by atoms with Crippen molar-refractivity contribution in [3.63, 3.8) is 0 Å². The van der Waals surface area contributed by atoms with E-state index < -0.39 is 6.10 Å². The van der Waals surface area contributed by atoms with Gasteiger partial charge in [-0.15, -0.1) is 0 Å². The molecular formula is C19H26N2O4. The number of para-hydroxylation sites is 2. The minimum absolute atomic E-state index is 0.0498. The Labute approximate surface area is 148 Å². The number of anilines is 1. The molecular weight excluding hydrogens is 320 g/mol. The molecule has 25 heavy (non-hydrogen) atoms. The Hall–Kier alpha value is -2.08. The number of ether oxygens (including phenoxy) is 1. The van der Waals surface area contributed by atoms with Crippen molar-refractivity contribution in [2.24, 2.45) is 0 Å². The molecule has 1 aromatic rings. The van der Waals surface area contributed by atoms with Crippen LogP contribution in [-0.4, -0.2) is 41.7 Å². The third kappa shape index (κ3) is 4.12. The number of hydrogen-bond acceptors (Lipinski definition) is 4. The number of carbonyl (C=O) groups is 2. The standard InChI is InChI=1S/C19H26N2O4/c1-2-16-19(24)21(15-5-3-4-6-17(15)25-16)12-11-18(23)20-13-7-9-14(22)10-8-13/h3-6,13-14,16,22H,2,7-12H2,1H3,(H,20,23). The summed E-state index contributed by atoms with van der Waals surface area (Å²) in [5.74, 6) is 0.552. The van der Waals surface area contributed by atoms with Gasteiger partial charge in [0.2, 0.25) is 5.91 Å². The number of rotatable bonds is 5. The number of nitrogens with zero attached hydrogens (tertiary/aromatic N) is 1. The lowest BCUT2D eigenvalue weighted by Gasteiger charge is -2.34. The highest BCUT2D eigenvalue weighted by molar-refractivity contribution is 6.00. The maximum Gasteiger partial charge on any atom is 0.268 e. The van der Waals surface area contributed by atoms with E-state index in [-0.39, 0.29) is 30.4 Å². The third-order valence-corrected chi connectivity index (χ3v) is 4.96. The lowest BCUT2D eigenvalue weighted by atomic mass is 9.93. The first-order valence-electron chi connectivity index (χ1n) is 9.13. The predicted molar refractivity (Wildman–Crippen MR) is 94.5 cm³/mol. The van der Waals surface area contributed by atoms with E-state index >= 15 is 0 Å². The second-order valence-corrected chi connectivity index (χ2v) is 6.80. The summed E-state index contributed by atoms with van der Waals surface area (Å²) >= 11 is 0. The quantitative estimate of drug-likeness (QED) is 0.855. The maximum atomic E-state index is 12.6. The second kappa shape index (κ2) is 7.87. The van der Waals surface area contributed by atoms with Crippen molar-refractivity contribution in [1.82, 2.24) is 5.32 Å². The second-order valence-electron chi connectivity index (χ2n) is 6.80. The van der Waals surface area contributed by atoms with Crippen LogP contribution in [0, 0.1) is 0 Å². The first-order valence-corrected chi connectivity index (χ1v) is 9.13. The molecule has 2 amide bonds. The molecule has 6 nitrogen and oxygen atoms in total. The topological polar surface area (TPSA) is 78.9 Å². The summed E-state index contributed by atoms with van der Waals surface area (Å²) in [4.78, 5) is 26.5. The van der Waals surface area contributed by atoms with Gasteiger partial charge in [-0.1, -0.05) is 19.1 Å². The van der Waals surface area contributed by atoms with E-state index in [0.717, 1.165) is 31.4 Å². The van der Waals surface area contributed by atoms with Gasteiger partial charge < -0.3 is 20.1 Å². The van der Waals surface area contributed by atoms with E-state index in [1.54, 1.807) is 4.90 Å². The minimum Gasteiger partial charge on any atom is -0.478 e. The molecule has 1 fully saturated rings. The molecule has 0 radical (unpaired) electrons. The molecule has 1 atom stereocenters. The van der Waals surface area contributed by atoms with Crippen molar-refractivity contribution < 1.29 is 19.4 Å². The van der Waals surface area contributed by atoms with Gasteiger partial charge >= 0.3 is 0 Å². The van der Waals surface area contributed by atoms with E-state index in [0.29, 0.717) is 18.7 Å². The summed E-state index contributed by atoms with van der Waals surface area (Å²) in [7, 11) is 0. The monoisotopic (exact) mass is 346 g/mol. The Kier molecular flexibility index (Phi) is 5.58. The van der Waals surface area contributed by atoms with Crippen molar-refractivity contribution in [2.45, 2.75) is 63.7 Å². The number of aliphatic hydroxyl groups excluding tert-OH is 1. The first kappa shape index (κ1) is 17.7. The number of carbonyl (C=O) groups excluding carboxylic acids is 2. The molecule has 1 unspecified atom stereocenters. The smallest absolute Gasteiger partial charge is 0.268 e. The van der Waals surface area contributed by atoms with Crippen molar-refractivity contribution in [2.75, 3.05) is 11.4 Å². The van der Waals surface area contributed by atoms with Crippen molar-refractivity contribution in [1.29, 1.82) is 0 Å². The Bertz CT molecular complexity index is 626. The van der Waals surface area contributed by atoms with Gasteiger partial charge in [0.15, 0.2) is 6.10 Å². The summed E-state index contributed by atoms with van der Waals surface area (Å²) in [6.07, 6.45) is 3.22. The van der Waals surface area contributed by atoms with E-state index in [2.05, 4.69) is 5.32 Å². The molecule has 0 saturated heterocycles. The van der Waals surface area contributed by atoms with Crippen LogP contribution in [0.2, 0.25) is 0 Å². The average molecular weight is 346 g/mol. The fourth-order valence-corrected chi connectivity index (χ4v) is 3.50. The van der Waals surface area contributed by atoms with Gasteiger partial charge in [0.25, 0.3) is 5.91 Å². The number of aliphatic hydroxyl groups is 1. The van der Waals surface area contributed by atoms with Crippen LogP contribution in [0.1, 0.15) is 45.4 Å². The third-order valence-electron chi connectivity index (χ3n) is 4.96. The lowest BCUT2D eigenvalue weighted by molar-refractivity contribution is -0.126. The SMILES string of the molecule is CCC1Oc2ccccc2N(CCC(=O)NC2CCC(O)CC2)C1=O. The first-order chi connectivity index (χ1) is 12.1. The van der Waals surface area contributed by atoms with Crippen LogP contribution in [-0.2, 0) is 9.59 Å². The maximum absolute atomic E-state index is 12.6. The number of benzene rings is 1. The molecule has 2 aliphatic rings. The van der Waals surface area contributed by atoms with Crippen LogP contribution < -0.4 is 15.0 Å². The molecule has 3 rings (SSSR count). The van der Waals surface area contributed by atoms with Crippen LogP contribution in [0.15, 0.2) is 24.3 Å². The zero-order chi connectivity index (χ0) is 17.8. The van der Waals surface area contributed by atoms with Gasteiger partial charge in [-0.05, 0) is 44.2 Å². The molecule has 1 saturated carbocycles. The summed E-state index contributed by atoms with van der Waals surface area (Å²) in [6.45, 7) is 2.26. The van der Waals surface area contributed by atoms with E-state index in [9.17, 15) is 14.7 Å². The van der Waals surface area contributed by atoms with Crippen LogP contribution in [0.25, 0.3) is 0 Å². The van der Waals surface area contributed by atoms with Crippen LogP contribution in [0.3, 0.4) is 0 Å². The van der Waals surface area contributed by atoms with Gasteiger partial charge in [-0.25, -0.2) is 0 Å². The highest BCUT2D eigenvalue weighted by Crippen LogP contribution is 2.34. The largest absolute Gasteiger partial charge is 0.478 e. The highest BCUT2D eigenvalue weighted by atomic mass is 16.5. The summed E-state index contributed by atoms with van der Waals surface area (Å²) in [5, 5.41) is 12.6. The Morgan fingerprint density at radius 3 is 2.72 bits per heavy atom. The zero-order valence-corrected chi connectivity index (χ0v) is 14.6.